The first kappa shape index (κ1) is 13.4. The van der Waals surface area contributed by atoms with Crippen LogP contribution >= 0.6 is 11.8 Å². The van der Waals surface area contributed by atoms with Gasteiger partial charge in [0.2, 0.25) is 11.8 Å². The molecule has 0 saturated carbocycles. The highest BCUT2D eigenvalue weighted by Crippen LogP contribution is 2.34. The van der Waals surface area contributed by atoms with E-state index >= 15 is 0 Å². The van der Waals surface area contributed by atoms with Crippen LogP contribution in [0.25, 0.3) is 0 Å². The van der Waals surface area contributed by atoms with E-state index in [0.29, 0.717) is 5.88 Å². The summed E-state index contributed by atoms with van der Waals surface area (Å²) in [7, 11) is 1.62. The number of methoxy groups -OCH3 is 1. The van der Waals surface area contributed by atoms with Gasteiger partial charge in [0, 0.05) is 36.6 Å². The highest BCUT2D eigenvalue weighted by molar-refractivity contribution is 8.00. The number of thioether (sulfide) groups is 1. The van der Waals surface area contributed by atoms with E-state index in [1.165, 1.54) is 0 Å². The van der Waals surface area contributed by atoms with Crippen LogP contribution in [0.15, 0.2) is 12.3 Å². The van der Waals surface area contributed by atoms with Crippen molar-refractivity contribution in [2.75, 3.05) is 37.9 Å². The highest BCUT2D eigenvalue weighted by atomic mass is 32.2. The number of nitrogens with zero attached hydrogens (tertiary/aromatic N) is 3. The minimum absolute atomic E-state index is 0.232. The molecule has 1 aliphatic heterocycles. The molecule has 5 nitrogen and oxygen atoms in total. The fourth-order valence-corrected chi connectivity index (χ4v) is 2.96. The van der Waals surface area contributed by atoms with Gasteiger partial charge in [0.15, 0.2) is 0 Å². The zero-order chi connectivity index (χ0) is 13.0. The van der Waals surface area contributed by atoms with Gasteiger partial charge in [-0.25, -0.2) is 4.98 Å². The lowest BCUT2D eigenvalue weighted by molar-refractivity contribution is 0.394. The van der Waals surface area contributed by atoms with E-state index < -0.39 is 0 Å². The molecule has 1 aromatic rings. The third kappa shape index (κ3) is 2.70. The van der Waals surface area contributed by atoms with Gasteiger partial charge in [-0.15, -0.1) is 0 Å². The smallest absolute Gasteiger partial charge is 0.228 e. The quantitative estimate of drug-likeness (QED) is 0.883. The fourth-order valence-electron chi connectivity index (χ4n) is 2.20. The van der Waals surface area contributed by atoms with Crippen LogP contribution in [0.4, 0.5) is 5.95 Å². The zero-order valence-electron chi connectivity index (χ0n) is 10.9. The zero-order valence-corrected chi connectivity index (χ0v) is 11.7. The Kier molecular flexibility index (Phi) is 4.29. The summed E-state index contributed by atoms with van der Waals surface area (Å²) in [4.78, 5) is 10.9. The summed E-state index contributed by atoms with van der Waals surface area (Å²) < 4.78 is 5.36. The first-order chi connectivity index (χ1) is 8.73. The molecule has 0 aromatic carbocycles. The van der Waals surface area contributed by atoms with Crippen molar-refractivity contribution in [2.45, 2.75) is 17.6 Å². The van der Waals surface area contributed by atoms with Crippen molar-refractivity contribution < 1.29 is 4.74 Å². The van der Waals surface area contributed by atoms with E-state index in [-0.39, 0.29) is 4.75 Å². The molecule has 0 aliphatic carbocycles. The Labute approximate surface area is 112 Å². The molecule has 0 spiro atoms. The van der Waals surface area contributed by atoms with Crippen LogP contribution in [0, 0.1) is 0 Å². The van der Waals surface area contributed by atoms with Gasteiger partial charge in [0.05, 0.1) is 7.11 Å². The summed E-state index contributed by atoms with van der Waals surface area (Å²) >= 11 is 1.88. The van der Waals surface area contributed by atoms with Crippen LogP contribution in [0.1, 0.15) is 12.8 Å². The van der Waals surface area contributed by atoms with Crippen molar-refractivity contribution in [3.63, 3.8) is 0 Å². The molecule has 100 valence electrons. The van der Waals surface area contributed by atoms with E-state index in [4.69, 9.17) is 10.5 Å². The molecule has 0 unspecified atom stereocenters. The summed E-state index contributed by atoms with van der Waals surface area (Å²) in [6.07, 6.45) is 6.03. The average molecular weight is 268 g/mol. The van der Waals surface area contributed by atoms with Crippen molar-refractivity contribution in [3.05, 3.63) is 12.3 Å². The second-order valence-corrected chi connectivity index (χ2v) is 5.75. The number of nitrogens with two attached hydrogens (primary N) is 1. The second kappa shape index (κ2) is 5.75. The van der Waals surface area contributed by atoms with Gasteiger partial charge in [-0.2, -0.15) is 16.7 Å². The molecular weight excluding hydrogens is 248 g/mol. The lowest BCUT2D eigenvalue weighted by Crippen LogP contribution is -2.47. The lowest BCUT2D eigenvalue weighted by Gasteiger charge is -2.40. The summed E-state index contributed by atoms with van der Waals surface area (Å²) in [6, 6.07) is 1.76. The molecule has 0 amide bonds. The molecule has 0 bridgehead atoms. The minimum Gasteiger partial charge on any atom is -0.481 e. The van der Waals surface area contributed by atoms with Gasteiger partial charge in [0.1, 0.15) is 0 Å². The average Bonchev–Trinajstić information content (AvgIpc) is 2.47. The molecule has 1 fully saturated rings. The van der Waals surface area contributed by atoms with E-state index in [0.717, 1.165) is 38.4 Å². The number of aromatic nitrogens is 2. The Bertz CT molecular complexity index is 387. The van der Waals surface area contributed by atoms with Crippen LogP contribution in [-0.4, -0.2) is 47.7 Å². The van der Waals surface area contributed by atoms with Crippen molar-refractivity contribution in [2.24, 2.45) is 5.73 Å². The predicted molar refractivity (Wildman–Crippen MR) is 75.3 cm³/mol. The third-order valence-electron chi connectivity index (χ3n) is 3.59. The molecule has 2 N–H and O–H groups in total. The summed E-state index contributed by atoms with van der Waals surface area (Å²) in [5.74, 6) is 1.36. The lowest BCUT2D eigenvalue weighted by atomic mass is 9.96. The van der Waals surface area contributed by atoms with Crippen molar-refractivity contribution in [1.82, 2.24) is 9.97 Å². The highest BCUT2D eigenvalue weighted by Gasteiger charge is 2.33. The van der Waals surface area contributed by atoms with Crippen molar-refractivity contribution in [1.29, 1.82) is 0 Å². The first-order valence-electron chi connectivity index (χ1n) is 6.10. The number of piperidine rings is 1. The predicted octanol–water partition coefficient (Wildman–Crippen LogP) is 1.15. The van der Waals surface area contributed by atoms with Crippen LogP contribution < -0.4 is 15.4 Å². The number of hydrogen-bond acceptors (Lipinski definition) is 6. The van der Waals surface area contributed by atoms with E-state index in [1.54, 1.807) is 19.4 Å². The van der Waals surface area contributed by atoms with E-state index in [9.17, 15) is 0 Å². The second-order valence-electron chi connectivity index (χ2n) is 4.48. The number of rotatable bonds is 4. The van der Waals surface area contributed by atoms with Crippen LogP contribution in [0.3, 0.4) is 0 Å². The summed E-state index contributed by atoms with van der Waals surface area (Å²) in [5.41, 5.74) is 5.89. The van der Waals surface area contributed by atoms with Gasteiger partial charge in [-0.1, -0.05) is 0 Å². The maximum absolute atomic E-state index is 5.89. The van der Waals surface area contributed by atoms with Gasteiger partial charge >= 0.3 is 0 Å². The molecule has 1 saturated heterocycles. The molecular formula is C12H20N4OS. The fraction of sp³-hybridized carbons (Fsp3) is 0.667. The maximum Gasteiger partial charge on any atom is 0.228 e. The number of ether oxygens (including phenoxy) is 1. The molecule has 0 atom stereocenters. The summed E-state index contributed by atoms with van der Waals surface area (Å²) in [6.45, 7) is 2.64. The van der Waals surface area contributed by atoms with Gasteiger partial charge in [-0.05, 0) is 19.1 Å². The largest absolute Gasteiger partial charge is 0.481 e. The standard InChI is InChI=1S/C12H20N4OS/c1-17-10-3-6-14-11(15-10)16-7-4-12(9-13,18-2)5-8-16/h3,6H,4-5,7-9,13H2,1-2H3. The summed E-state index contributed by atoms with van der Waals surface area (Å²) in [5, 5.41) is 0. The van der Waals surface area contributed by atoms with Crippen LogP contribution in [0.5, 0.6) is 5.88 Å². The third-order valence-corrected chi connectivity index (χ3v) is 5.03. The Balaban J connectivity index is 2.04. The molecule has 6 heteroatoms. The molecule has 0 radical (unpaired) electrons. The Morgan fingerprint density at radius 3 is 2.78 bits per heavy atom. The van der Waals surface area contributed by atoms with Gasteiger partial charge < -0.3 is 15.4 Å². The van der Waals surface area contributed by atoms with Crippen LogP contribution in [-0.2, 0) is 0 Å². The molecule has 1 aliphatic rings. The number of anilines is 1. The SMILES string of the molecule is COc1ccnc(N2CCC(CN)(SC)CC2)n1. The van der Waals surface area contributed by atoms with Gasteiger partial charge in [-0.3, -0.25) is 0 Å². The molecule has 2 heterocycles. The molecule has 18 heavy (non-hydrogen) atoms. The van der Waals surface area contributed by atoms with Gasteiger partial charge in [0.25, 0.3) is 0 Å². The Hall–Kier alpha value is -1.01. The monoisotopic (exact) mass is 268 g/mol. The normalized spacial score (nSPS) is 18.7. The van der Waals surface area contributed by atoms with Crippen molar-refractivity contribution >= 4 is 17.7 Å². The van der Waals surface area contributed by atoms with Crippen molar-refractivity contribution in [3.8, 4) is 5.88 Å². The molecule has 2 rings (SSSR count). The van der Waals surface area contributed by atoms with Crippen LogP contribution in [0.2, 0.25) is 0 Å². The Morgan fingerprint density at radius 1 is 1.50 bits per heavy atom. The first-order valence-corrected chi connectivity index (χ1v) is 7.33. The maximum atomic E-state index is 5.89. The number of hydrogen-bond donors (Lipinski definition) is 1. The van der Waals surface area contributed by atoms with E-state index in [1.807, 2.05) is 11.8 Å². The topological polar surface area (TPSA) is 64.3 Å². The minimum atomic E-state index is 0.232. The Morgan fingerprint density at radius 2 is 2.22 bits per heavy atom. The van der Waals surface area contributed by atoms with E-state index in [2.05, 4.69) is 21.1 Å². The molecule has 1 aromatic heterocycles.